The van der Waals surface area contributed by atoms with Crippen molar-refractivity contribution in [3.8, 4) is 11.3 Å². The summed E-state index contributed by atoms with van der Waals surface area (Å²) in [5.41, 5.74) is 3.10. The number of ether oxygens (including phenoxy) is 1. The van der Waals surface area contributed by atoms with Gasteiger partial charge in [-0.05, 0) is 19.1 Å². The van der Waals surface area contributed by atoms with E-state index in [1.807, 2.05) is 31.2 Å². The Kier molecular flexibility index (Phi) is 3.55. The first kappa shape index (κ1) is 12.7. The lowest BCUT2D eigenvalue weighted by molar-refractivity contribution is 0.0745. The van der Waals surface area contributed by atoms with Gasteiger partial charge < -0.3 is 15.0 Å². The Balaban J connectivity index is 1.90. The van der Waals surface area contributed by atoms with Gasteiger partial charge in [0, 0.05) is 22.8 Å². The third-order valence-corrected chi connectivity index (χ3v) is 3.52. The van der Waals surface area contributed by atoms with Gasteiger partial charge in [-0.3, -0.25) is 0 Å². The van der Waals surface area contributed by atoms with E-state index in [1.165, 1.54) is 0 Å². The molecule has 2 aromatic rings. The molecule has 2 heterocycles. The number of halogens is 1. The second-order valence-electron chi connectivity index (χ2n) is 4.68. The van der Waals surface area contributed by atoms with Gasteiger partial charge in [0.25, 0.3) is 0 Å². The molecule has 0 bridgehead atoms. The van der Waals surface area contributed by atoms with E-state index in [2.05, 4.69) is 10.3 Å². The highest BCUT2D eigenvalue weighted by Gasteiger charge is 2.20. The molecule has 1 aliphatic heterocycles. The minimum atomic E-state index is 0.147. The molecule has 0 aliphatic carbocycles. The fourth-order valence-corrected chi connectivity index (χ4v) is 2.40. The molecule has 1 fully saturated rings. The van der Waals surface area contributed by atoms with E-state index in [1.54, 1.807) is 0 Å². The number of imidazole rings is 1. The molecular weight excluding hydrogens is 262 g/mol. The number of nitrogens with one attached hydrogen (secondary N) is 2. The summed E-state index contributed by atoms with van der Waals surface area (Å²) in [6.07, 6.45) is 0. The molecule has 0 radical (unpaired) electrons. The van der Waals surface area contributed by atoms with Crippen LogP contribution in [0.5, 0.6) is 0 Å². The molecular formula is C14H16ClN3O. The third kappa shape index (κ3) is 2.66. The van der Waals surface area contributed by atoms with Gasteiger partial charge in [0.2, 0.25) is 0 Å². The first-order valence-electron chi connectivity index (χ1n) is 6.37. The highest BCUT2D eigenvalue weighted by atomic mass is 35.5. The fourth-order valence-electron chi connectivity index (χ4n) is 2.28. The molecule has 1 aromatic carbocycles. The molecule has 0 spiro atoms. The molecule has 1 saturated heterocycles. The van der Waals surface area contributed by atoms with Crippen molar-refractivity contribution in [1.29, 1.82) is 0 Å². The second-order valence-corrected chi connectivity index (χ2v) is 5.12. The number of benzene rings is 1. The topological polar surface area (TPSA) is 49.9 Å². The minimum absolute atomic E-state index is 0.147. The zero-order chi connectivity index (χ0) is 13.2. The molecule has 5 heteroatoms. The summed E-state index contributed by atoms with van der Waals surface area (Å²) in [5.74, 6) is 0.933. The summed E-state index contributed by atoms with van der Waals surface area (Å²) in [5, 5.41) is 4.13. The molecule has 4 nitrogen and oxygen atoms in total. The van der Waals surface area contributed by atoms with Crippen molar-refractivity contribution in [1.82, 2.24) is 15.3 Å². The van der Waals surface area contributed by atoms with Crippen LogP contribution in [0.4, 0.5) is 0 Å². The van der Waals surface area contributed by atoms with Crippen LogP contribution in [0.2, 0.25) is 5.02 Å². The van der Waals surface area contributed by atoms with Gasteiger partial charge in [0.15, 0.2) is 0 Å². The number of rotatable bonds is 2. The molecule has 1 aliphatic rings. The molecule has 0 saturated carbocycles. The quantitative estimate of drug-likeness (QED) is 0.887. The number of nitrogens with zero attached hydrogens (tertiary/aromatic N) is 1. The number of hydrogen-bond acceptors (Lipinski definition) is 3. The Morgan fingerprint density at radius 2 is 2.11 bits per heavy atom. The van der Waals surface area contributed by atoms with E-state index in [0.29, 0.717) is 6.61 Å². The van der Waals surface area contributed by atoms with Crippen molar-refractivity contribution in [2.24, 2.45) is 0 Å². The van der Waals surface area contributed by atoms with Gasteiger partial charge in [-0.2, -0.15) is 0 Å². The Morgan fingerprint density at radius 1 is 1.32 bits per heavy atom. The Morgan fingerprint density at radius 3 is 2.79 bits per heavy atom. The van der Waals surface area contributed by atoms with Crippen molar-refractivity contribution in [2.75, 3.05) is 19.8 Å². The number of morpholine rings is 1. The standard InChI is InChI=1S/C14H16ClN3O/c1-9-13(10-2-4-11(15)5-3-10)18-14(17-9)12-8-19-7-6-16-12/h2-5,12,16H,6-8H2,1H3,(H,17,18). The normalized spacial score (nSPS) is 19.6. The lowest BCUT2D eigenvalue weighted by atomic mass is 10.1. The smallest absolute Gasteiger partial charge is 0.126 e. The molecule has 3 rings (SSSR count). The van der Waals surface area contributed by atoms with Crippen LogP contribution in [-0.2, 0) is 4.74 Å². The van der Waals surface area contributed by atoms with Crippen LogP contribution in [0, 0.1) is 6.92 Å². The predicted molar refractivity (Wildman–Crippen MR) is 75.3 cm³/mol. The van der Waals surface area contributed by atoms with Crippen LogP contribution < -0.4 is 5.32 Å². The van der Waals surface area contributed by atoms with E-state index in [9.17, 15) is 0 Å². The van der Waals surface area contributed by atoms with E-state index in [-0.39, 0.29) is 6.04 Å². The van der Waals surface area contributed by atoms with Crippen molar-refractivity contribution >= 4 is 11.6 Å². The highest BCUT2D eigenvalue weighted by Crippen LogP contribution is 2.25. The maximum absolute atomic E-state index is 5.91. The SMILES string of the molecule is Cc1[nH]c(C2COCCN2)nc1-c1ccc(Cl)cc1. The van der Waals surface area contributed by atoms with Crippen molar-refractivity contribution in [3.63, 3.8) is 0 Å². The second kappa shape index (κ2) is 5.33. The maximum atomic E-state index is 5.91. The molecule has 19 heavy (non-hydrogen) atoms. The molecule has 0 amide bonds. The number of hydrogen-bond donors (Lipinski definition) is 2. The summed E-state index contributed by atoms with van der Waals surface area (Å²) in [4.78, 5) is 8.03. The molecule has 1 unspecified atom stereocenters. The predicted octanol–water partition coefficient (Wildman–Crippen LogP) is 2.70. The number of aromatic amines is 1. The Bertz CT molecular complexity index is 559. The maximum Gasteiger partial charge on any atom is 0.126 e. The zero-order valence-corrected chi connectivity index (χ0v) is 11.5. The van der Waals surface area contributed by atoms with Gasteiger partial charge in [-0.25, -0.2) is 4.98 Å². The summed E-state index contributed by atoms with van der Waals surface area (Å²) in [6, 6.07) is 7.88. The van der Waals surface area contributed by atoms with Crippen LogP contribution in [-0.4, -0.2) is 29.7 Å². The van der Waals surface area contributed by atoms with Crippen molar-refractivity contribution in [3.05, 3.63) is 40.8 Å². The van der Waals surface area contributed by atoms with Gasteiger partial charge in [0.05, 0.1) is 24.9 Å². The van der Waals surface area contributed by atoms with E-state index in [4.69, 9.17) is 21.3 Å². The fraction of sp³-hybridized carbons (Fsp3) is 0.357. The summed E-state index contributed by atoms with van der Waals surface area (Å²) >= 11 is 5.91. The Labute approximate surface area is 117 Å². The molecule has 100 valence electrons. The van der Waals surface area contributed by atoms with Crippen LogP contribution in [0.25, 0.3) is 11.3 Å². The lowest BCUT2D eigenvalue weighted by Crippen LogP contribution is -2.35. The van der Waals surface area contributed by atoms with E-state index < -0.39 is 0 Å². The lowest BCUT2D eigenvalue weighted by Gasteiger charge is -2.21. The summed E-state index contributed by atoms with van der Waals surface area (Å²) in [7, 11) is 0. The monoisotopic (exact) mass is 277 g/mol. The Hall–Kier alpha value is -1.36. The summed E-state index contributed by atoms with van der Waals surface area (Å²) < 4.78 is 5.47. The van der Waals surface area contributed by atoms with Gasteiger partial charge >= 0.3 is 0 Å². The molecule has 2 N–H and O–H groups in total. The van der Waals surface area contributed by atoms with Gasteiger partial charge in [-0.15, -0.1) is 0 Å². The third-order valence-electron chi connectivity index (χ3n) is 3.27. The van der Waals surface area contributed by atoms with Crippen LogP contribution >= 0.6 is 11.6 Å². The largest absolute Gasteiger partial charge is 0.378 e. The van der Waals surface area contributed by atoms with Gasteiger partial charge in [0.1, 0.15) is 5.82 Å². The van der Waals surface area contributed by atoms with Crippen LogP contribution in [0.3, 0.4) is 0 Å². The van der Waals surface area contributed by atoms with Crippen molar-refractivity contribution in [2.45, 2.75) is 13.0 Å². The first-order chi connectivity index (χ1) is 9.24. The number of H-pyrrole nitrogens is 1. The average molecular weight is 278 g/mol. The number of aryl methyl sites for hydroxylation is 1. The van der Waals surface area contributed by atoms with Crippen molar-refractivity contribution < 1.29 is 4.74 Å². The van der Waals surface area contributed by atoms with Crippen LogP contribution in [0.15, 0.2) is 24.3 Å². The highest BCUT2D eigenvalue weighted by molar-refractivity contribution is 6.30. The van der Waals surface area contributed by atoms with Gasteiger partial charge in [-0.1, -0.05) is 23.7 Å². The van der Waals surface area contributed by atoms with E-state index >= 15 is 0 Å². The molecule has 1 aromatic heterocycles. The first-order valence-corrected chi connectivity index (χ1v) is 6.75. The number of aromatic nitrogens is 2. The van der Waals surface area contributed by atoms with E-state index in [0.717, 1.165) is 40.9 Å². The van der Waals surface area contributed by atoms with Crippen LogP contribution in [0.1, 0.15) is 17.6 Å². The summed E-state index contributed by atoms with van der Waals surface area (Å²) in [6.45, 7) is 4.32. The minimum Gasteiger partial charge on any atom is -0.378 e. The zero-order valence-electron chi connectivity index (χ0n) is 10.7. The average Bonchev–Trinajstić information content (AvgIpc) is 2.83. The molecule has 1 atom stereocenters.